The second kappa shape index (κ2) is 5.69. The Morgan fingerprint density at radius 2 is 1.94 bits per heavy atom. The smallest absolute Gasteiger partial charge is 0.245 e. The van der Waals surface area contributed by atoms with E-state index in [1.165, 1.54) is 4.90 Å². The first-order valence-electron chi connectivity index (χ1n) is 6.07. The Kier molecular flexibility index (Phi) is 4.72. The van der Waals surface area contributed by atoms with Crippen molar-refractivity contribution in [2.45, 2.75) is 39.3 Å². The molecule has 1 aliphatic heterocycles. The van der Waals surface area contributed by atoms with E-state index in [-0.39, 0.29) is 42.3 Å². The maximum Gasteiger partial charge on any atom is 0.245 e. The quantitative estimate of drug-likeness (QED) is 0.753. The summed E-state index contributed by atoms with van der Waals surface area (Å²) < 4.78 is 22.9. The summed E-state index contributed by atoms with van der Waals surface area (Å²) in [6, 6.07) is -0.860. The third-order valence-corrected chi connectivity index (χ3v) is 4.81. The summed E-state index contributed by atoms with van der Waals surface area (Å²) in [6.45, 7) is 5.10. The van der Waals surface area contributed by atoms with Crippen molar-refractivity contribution < 1.29 is 18.0 Å². The van der Waals surface area contributed by atoms with E-state index in [2.05, 4.69) is 5.32 Å². The highest BCUT2D eigenvalue weighted by molar-refractivity contribution is 7.91. The van der Waals surface area contributed by atoms with Crippen LogP contribution in [0.15, 0.2) is 0 Å². The molecule has 0 aliphatic carbocycles. The molecule has 1 N–H and O–H groups in total. The van der Waals surface area contributed by atoms with Gasteiger partial charge in [-0.15, -0.1) is 0 Å². The number of amides is 2. The molecule has 2 atom stereocenters. The number of sulfone groups is 1. The van der Waals surface area contributed by atoms with Crippen LogP contribution >= 0.6 is 0 Å². The van der Waals surface area contributed by atoms with Gasteiger partial charge in [0.1, 0.15) is 6.04 Å². The van der Waals surface area contributed by atoms with Crippen molar-refractivity contribution in [1.82, 2.24) is 10.2 Å². The fourth-order valence-electron chi connectivity index (χ4n) is 1.92. The summed E-state index contributed by atoms with van der Waals surface area (Å²) >= 11 is 0. The molecular weight excluding hydrogens is 256 g/mol. The number of hydrogen-bond acceptors (Lipinski definition) is 4. The minimum absolute atomic E-state index is 0.0551. The summed E-state index contributed by atoms with van der Waals surface area (Å²) in [5.41, 5.74) is 0. The minimum atomic E-state index is -3.11. The highest BCUT2D eigenvalue weighted by atomic mass is 32.2. The molecule has 0 radical (unpaired) electrons. The van der Waals surface area contributed by atoms with Crippen molar-refractivity contribution in [3.05, 3.63) is 0 Å². The Bertz CT molecular complexity index is 432. The number of nitrogens with zero attached hydrogens (tertiary/aromatic N) is 1. The van der Waals surface area contributed by atoms with E-state index >= 15 is 0 Å². The molecular formula is C11H20N2O4S. The Balaban J connectivity index is 2.78. The van der Waals surface area contributed by atoms with Crippen LogP contribution in [0.3, 0.4) is 0 Å². The molecule has 2 amide bonds. The van der Waals surface area contributed by atoms with Gasteiger partial charge in [-0.05, 0) is 13.8 Å². The zero-order valence-corrected chi connectivity index (χ0v) is 11.8. The van der Waals surface area contributed by atoms with Crippen LogP contribution in [-0.2, 0) is 19.4 Å². The maximum atomic E-state index is 12.0. The molecule has 1 heterocycles. The van der Waals surface area contributed by atoms with Crippen molar-refractivity contribution >= 4 is 21.7 Å². The maximum absolute atomic E-state index is 12.0. The predicted octanol–water partition coefficient (Wildman–Crippen LogP) is -0.453. The standard InChI is InChI=1S/C11H20N2O4S/c1-4-18(16,17)6-5-13-8(2)7-10(14)12-9(3)11(13)15/h8-9H,4-7H2,1-3H3,(H,12,14). The Labute approximate surface area is 108 Å². The third-order valence-electron chi connectivity index (χ3n) is 3.13. The SMILES string of the molecule is CCS(=O)(=O)CCN1C(=O)C(C)NC(=O)CC1C. The molecule has 0 spiro atoms. The van der Waals surface area contributed by atoms with Crippen LogP contribution < -0.4 is 5.32 Å². The van der Waals surface area contributed by atoms with Gasteiger partial charge in [0.25, 0.3) is 0 Å². The van der Waals surface area contributed by atoms with Crippen LogP contribution in [0.25, 0.3) is 0 Å². The molecule has 6 nitrogen and oxygen atoms in total. The van der Waals surface area contributed by atoms with Gasteiger partial charge in [-0.1, -0.05) is 6.92 Å². The first-order valence-corrected chi connectivity index (χ1v) is 7.89. The van der Waals surface area contributed by atoms with Gasteiger partial charge in [0.2, 0.25) is 11.8 Å². The topological polar surface area (TPSA) is 83.6 Å². The molecule has 104 valence electrons. The van der Waals surface area contributed by atoms with E-state index < -0.39 is 15.9 Å². The number of carbonyl (C=O) groups excluding carboxylic acids is 2. The molecule has 0 aromatic carbocycles. The second-order valence-electron chi connectivity index (χ2n) is 4.61. The molecule has 2 unspecified atom stereocenters. The summed E-state index contributed by atoms with van der Waals surface area (Å²) in [4.78, 5) is 24.9. The van der Waals surface area contributed by atoms with Gasteiger partial charge >= 0.3 is 0 Å². The van der Waals surface area contributed by atoms with Crippen molar-refractivity contribution in [2.75, 3.05) is 18.1 Å². The number of nitrogens with one attached hydrogen (secondary N) is 1. The predicted molar refractivity (Wildman–Crippen MR) is 67.7 cm³/mol. The lowest BCUT2D eigenvalue weighted by Crippen LogP contribution is -2.46. The van der Waals surface area contributed by atoms with Gasteiger partial charge in [0.15, 0.2) is 9.84 Å². The molecule has 18 heavy (non-hydrogen) atoms. The van der Waals surface area contributed by atoms with Crippen molar-refractivity contribution in [1.29, 1.82) is 0 Å². The Hall–Kier alpha value is -1.11. The van der Waals surface area contributed by atoms with Crippen molar-refractivity contribution in [3.63, 3.8) is 0 Å². The zero-order valence-electron chi connectivity index (χ0n) is 11.0. The van der Waals surface area contributed by atoms with Crippen molar-refractivity contribution in [2.24, 2.45) is 0 Å². The van der Waals surface area contributed by atoms with Gasteiger partial charge in [-0.25, -0.2) is 8.42 Å². The third kappa shape index (κ3) is 3.69. The summed E-state index contributed by atoms with van der Waals surface area (Å²) in [5.74, 6) is -0.389. The first kappa shape index (κ1) is 14.9. The molecule has 7 heteroatoms. The second-order valence-corrected chi connectivity index (χ2v) is 7.08. The van der Waals surface area contributed by atoms with E-state index in [4.69, 9.17) is 0 Å². The molecule has 1 aliphatic rings. The van der Waals surface area contributed by atoms with Gasteiger partial charge in [0.05, 0.1) is 5.75 Å². The summed E-state index contributed by atoms with van der Waals surface area (Å²) in [7, 11) is -3.11. The average molecular weight is 276 g/mol. The van der Waals surface area contributed by atoms with Gasteiger partial charge in [0, 0.05) is 24.8 Å². The Morgan fingerprint density at radius 1 is 1.33 bits per heavy atom. The minimum Gasteiger partial charge on any atom is -0.345 e. The largest absolute Gasteiger partial charge is 0.345 e. The average Bonchev–Trinajstić information content (AvgIpc) is 2.35. The highest BCUT2D eigenvalue weighted by Gasteiger charge is 2.31. The van der Waals surface area contributed by atoms with Crippen LogP contribution in [-0.4, -0.2) is 55.3 Å². The van der Waals surface area contributed by atoms with E-state index in [1.807, 2.05) is 0 Å². The Morgan fingerprint density at radius 3 is 2.50 bits per heavy atom. The monoisotopic (exact) mass is 276 g/mol. The lowest BCUT2D eigenvalue weighted by atomic mass is 10.2. The van der Waals surface area contributed by atoms with Crippen molar-refractivity contribution in [3.8, 4) is 0 Å². The normalized spacial score (nSPS) is 25.8. The number of rotatable bonds is 4. The molecule has 0 aromatic rings. The van der Waals surface area contributed by atoms with Gasteiger partial charge in [-0.2, -0.15) is 0 Å². The zero-order chi connectivity index (χ0) is 13.9. The first-order chi connectivity index (χ1) is 8.26. The van der Waals surface area contributed by atoms with Crippen LogP contribution in [0.5, 0.6) is 0 Å². The molecule has 1 saturated heterocycles. The molecule has 0 aromatic heterocycles. The fraction of sp³-hybridized carbons (Fsp3) is 0.818. The number of hydrogen-bond donors (Lipinski definition) is 1. The molecule has 0 saturated carbocycles. The summed E-state index contributed by atoms with van der Waals surface area (Å²) in [5, 5.41) is 2.58. The van der Waals surface area contributed by atoms with E-state index in [0.717, 1.165) is 0 Å². The lowest BCUT2D eigenvalue weighted by Gasteiger charge is -2.27. The summed E-state index contributed by atoms with van der Waals surface area (Å²) in [6.07, 6.45) is 0.211. The van der Waals surface area contributed by atoms with E-state index in [0.29, 0.717) is 0 Å². The van der Waals surface area contributed by atoms with E-state index in [1.54, 1.807) is 20.8 Å². The molecule has 0 bridgehead atoms. The highest BCUT2D eigenvalue weighted by Crippen LogP contribution is 2.11. The van der Waals surface area contributed by atoms with Gasteiger partial charge in [-0.3, -0.25) is 9.59 Å². The number of carbonyl (C=O) groups is 2. The van der Waals surface area contributed by atoms with Crippen LogP contribution in [0.1, 0.15) is 27.2 Å². The van der Waals surface area contributed by atoms with E-state index in [9.17, 15) is 18.0 Å². The molecule has 1 fully saturated rings. The van der Waals surface area contributed by atoms with Gasteiger partial charge < -0.3 is 10.2 Å². The van der Waals surface area contributed by atoms with Crippen LogP contribution in [0.4, 0.5) is 0 Å². The molecule has 1 rings (SSSR count). The lowest BCUT2D eigenvalue weighted by molar-refractivity contribution is -0.134. The van der Waals surface area contributed by atoms with Crippen LogP contribution in [0, 0.1) is 0 Å². The van der Waals surface area contributed by atoms with Crippen LogP contribution in [0.2, 0.25) is 0 Å². The fourth-order valence-corrected chi connectivity index (χ4v) is 2.68.